The molecule has 0 amide bonds. The van der Waals surface area contributed by atoms with Crippen molar-refractivity contribution in [3.8, 4) is 0 Å². The molecule has 0 spiro atoms. The molecule has 1 atom stereocenters. The number of aromatic nitrogens is 1. The summed E-state index contributed by atoms with van der Waals surface area (Å²) in [6.45, 7) is 1.31. The van der Waals surface area contributed by atoms with Crippen molar-refractivity contribution in [1.82, 2.24) is 10.3 Å². The first kappa shape index (κ1) is 16.3. The largest absolute Gasteiger partial charge is 0.387 e. The van der Waals surface area contributed by atoms with E-state index in [1.807, 2.05) is 0 Å². The molecule has 1 aliphatic rings. The fraction of sp³-hybridized carbons (Fsp3) is 0.688. The Labute approximate surface area is 125 Å². The summed E-state index contributed by atoms with van der Waals surface area (Å²) in [7, 11) is 1.79. The number of aliphatic hydroxyl groups excluding tert-OH is 1. The van der Waals surface area contributed by atoms with E-state index in [2.05, 4.69) is 10.3 Å². The van der Waals surface area contributed by atoms with E-state index in [1.165, 1.54) is 25.1 Å². The average Bonchev–Trinajstić information content (AvgIpc) is 2.52. The van der Waals surface area contributed by atoms with Crippen molar-refractivity contribution < 1.29 is 14.2 Å². The van der Waals surface area contributed by atoms with E-state index in [-0.39, 0.29) is 0 Å². The molecule has 1 aromatic heterocycles. The molecule has 1 saturated carbocycles. The number of hydrogen-bond acceptors (Lipinski definition) is 4. The van der Waals surface area contributed by atoms with Crippen LogP contribution in [0.25, 0.3) is 0 Å². The highest BCUT2D eigenvalue weighted by Gasteiger charge is 2.20. The van der Waals surface area contributed by atoms with Crippen molar-refractivity contribution in [2.24, 2.45) is 5.92 Å². The Bertz CT molecular complexity index is 422. The van der Waals surface area contributed by atoms with Gasteiger partial charge in [-0.1, -0.05) is 0 Å². The van der Waals surface area contributed by atoms with Crippen molar-refractivity contribution in [1.29, 1.82) is 0 Å². The predicted octanol–water partition coefficient (Wildman–Crippen LogP) is 2.44. The van der Waals surface area contributed by atoms with Gasteiger partial charge >= 0.3 is 0 Å². The topological polar surface area (TPSA) is 54.4 Å². The molecular weight excluding hydrogens is 271 g/mol. The van der Waals surface area contributed by atoms with Gasteiger partial charge in [0.25, 0.3) is 0 Å². The SMILES string of the molecule is COC1CCC(CCNC[C@H](O)c2cncc(F)c2)CC1. The minimum Gasteiger partial charge on any atom is -0.387 e. The number of rotatable bonds is 7. The summed E-state index contributed by atoms with van der Waals surface area (Å²) in [5.74, 6) is 0.332. The Balaban J connectivity index is 1.61. The van der Waals surface area contributed by atoms with Gasteiger partial charge in [-0.25, -0.2) is 4.39 Å². The van der Waals surface area contributed by atoms with Crippen LogP contribution in [0.4, 0.5) is 4.39 Å². The van der Waals surface area contributed by atoms with E-state index in [9.17, 15) is 9.50 Å². The standard InChI is InChI=1S/C16H25FN2O2/c1-21-15-4-2-12(3-5-15)6-7-18-11-16(20)13-8-14(17)10-19-9-13/h8-10,12,15-16,18,20H,2-7,11H2,1H3/t12?,15?,16-/m0/s1. The molecule has 0 aromatic carbocycles. The molecule has 21 heavy (non-hydrogen) atoms. The van der Waals surface area contributed by atoms with Gasteiger partial charge in [-0.2, -0.15) is 0 Å². The first-order chi connectivity index (χ1) is 10.2. The molecule has 2 rings (SSSR count). The fourth-order valence-electron chi connectivity index (χ4n) is 2.93. The van der Waals surface area contributed by atoms with Gasteiger partial charge in [0.05, 0.1) is 18.4 Å². The van der Waals surface area contributed by atoms with Crippen molar-refractivity contribution in [2.45, 2.75) is 44.3 Å². The fourth-order valence-corrected chi connectivity index (χ4v) is 2.93. The molecule has 0 saturated heterocycles. The molecule has 2 N–H and O–H groups in total. The van der Waals surface area contributed by atoms with E-state index in [0.29, 0.717) is 18.2 Å². The minimum atomic E-state index is -0.711. The van der Waals surface area contributed by atoms with Gasteiger partial charge in [0.1, 0.15) is 5.82 Å². The third kappa shape index (κ3) is 5.34. The maximum absolute atomic E-state index is 13.0. The molecule has 0 bridgehead atoms. The molecule has 118 valence electrons. The Kier molecular flexibility index (Phi) is 6.54. The highest BCUT2D eigenvalue weighted by molar-refractivity contribution is 5.13. The van der Waals surface area contributed by atoms with E-state index in [1.54, 1.807) is 7.11 Å². The van der Waals surface area contributed by atoms with Gasteiger partial charge in [-0.3, -0.25) is 4.98 Å². The van der Waals surface area contributed by atoms with Crippen LogP contribution in [0.1, 0.15) is 43.8 Å². The number of pyridine rings is 1. The zero-order valence-electron chi connectivity index (χ0n) is 12.6. The Hall–Kier alpha value is -1.04. The second-order valence-corrected chi connectivity index (χ2v) is 5.82. The lowest BCUT2D eigenvalue weighted by atomic mass is 9.85. The van der Waals surface area contributed by atoms with Gasteiger partial charge < -0.3 is 15.2 Å². The first-order valence-corrected chi connectivity index (χ1v) is 7.71. The number of aliphatic hydroxyl groups is 1. The van der Waals surface area contributed by atoms with Crippen LogP contribution in [-0.4, -0.2) is 36.4 Å². The number of ether oxygens (including phenoxy) is 1. The summed E-state index contributed by atoms with van der Waals surface area (Å²) in [5.41, 5.74) is 0.517. The van der Waals surface area contributed by atoms with Crippen LogP contribution in [-0.2, 0) is 4.74 Å². The molecule has 4 nitrogen and oxygen atoms in total. The quantitative estimate of drug-likeness (QED) is 0.759. The number of nitrogens with zero attached hydrogens (tertiary/aromatic N) is 1. The maximum Gasteiger partial charge on any atom is 0.141 e. The van der Waals surface area contributed by atoms with E-state index in [4.69, 9.17) is 4.74 Å². The van der Waals surface area contributed by atoms with Crippen LogP contribution < -0.4 is 5.32 Å². The smallest absolute Gasteiger partial charge is 0.141 e. The van der Waals surface area contributed by atoms with Crippen LogP contribution in [0.5, 0.6) is 0 Å². The van der Waals surface area contributed by atoms with Crippen molar-refractivity contribution in [2.75, 3.05) is 20.2 Å². The van der Waals surface area contributed by atoms with Gasteiger partial charge in [-0.05, 0) is 50.6 Å². The second kappa shape index (κ2) is 8.41. The third-order valence-corrected chi connectivity index (χ3v) is 4.30. The van der Waals surface area contributed by atoms with E-state index in [0.717, 1.165) is 37.9 Å². The lowest BCUT2D eigenvalue weighted by molar-refractivity contribution is 0.0554. The Morgan fingerprint density at radius 3 is 2.81 bits per heavy atom. The Morgan fingerprint density at radius 2 is 2.14 bits per heavy atom. The number of hydrogen-bond donors (Lipinski definition) is 2. The van der Waals surface area contributed by atoms with Gasteiger partial charge in [0, 0.05) is 25.4 Å². The van der Waals surface area contributed by atoms with Gasteiger partial charge in [0.15, 0.2) is 0 Å². The average molecular weight is 296 g/mol. The van der Waals surface area contributed by atoms with Gasteiger partial charge in [-0.15, -0.1) is 0 Å². The zero-order chi connectivity index (χ0) is 15.1. The van der Waals surface area contributed by atoms with E-state index >= 15 is 0 Å². The predicted molar refractivity (Wildman–Crippen MR) is 79.4 cm³/mol. The highest BCUT2D eigenvalue weighted by Crippen LogP contribution is 2.27. The molecule has 0 unspecified atom stereocenters. The van der Waals surface area contributed by atoms with Crippen molar-refractivity contribution in [3.05, 3.63) is 29.8 Å². The van der Waals surface area contributed by atoms with Crippen LogP contribution >= 0.6 is 0 Å². The van der Waals surface area contributed by atoms with Crippen molar-refractivity contribution >= 4 is 0 Å². The van der Waals surface area contributed by atoms with Crippen LogP contribution in [0.15, 0.2) is 18.5 Å². The van der Waals surface area contributed by atoms with Gasteiger partial charge in [0.2, 0.25) is 0 Å². The summed E-state index contributed by atoms with van der Waals surface area (Å²) in [6, 6.07) is 1.32. The molecule has 1 fully saturated rings. The molecule has 1 aromatic rings. The Morgan fingerprint density at radius 1 is 1.38 bits per heavy atom. The number of halogens is 1. The third-order valence-electron chi connectivity index (χ3n) is 4.30. The summed E-state index contributed by atoms with van der Waals surface area (Å²) >= 11 is 0. The monoisotopic (exact) mass is 296 g/mol. The summed E-state index contributed by atoms with van der Waals surface area (Å²) < 4.78 is 18.4. The number of nitrogens with one attached hydrogen (secondary N) is 1. The number of methoxy groups -OCH3 is 1. The molecule has 0 aliphatic heterocycles. The first-order valence-electron chi connectivity index (χ1n) is 7.71. The lowest BCUT2D eigenvalue weighted by Crippen LogP contribution is -2.26. The summed E-state index contributed by atoms with van der Waals surface area (Å²) in [6.07, 6.45) is 8.23. The second-order valence-electron chi connectivity index (χ2n) is 5.82. The van der Waals surface area contributed by atoms with Crippen LogP contribution in [0, 0.1) is 11.7 Å². The van der Waals surface area contributed by atoms with Crippen molar-refractivity contribution in [3.63, 3.8) is 0 Å². The molecule has 5 heteroatoms. The van der Waals surface area contributed by atoms with Crippen LogP contribution in [0.3, 0.4) is 0 Å². The summed E-state index contributed by atoms with van der Waals surface area (Å²) in [4.78, 5) is 3.75. The molecule has 0 radical (unpaired) electrons. The normalized spacial score (nSPS) is 24.0. The molecule has 1 heterocycles. The minimum absolute atomic E-state index is 0.415. The zero-order valence-corrected chi connectivity index (χ0v) is 12.6. The summed E-state index contributed by atoms with van der Waals surface area (Å²) in [5, 5.41) is 13.2. The maximum atomic E-state index is 13.0. The van der Waals surface area contributed by atoms with Crippen LogP contribution in [0.2, 0.25) is 0 Å². The van der Waals surface area contributed by atoms with E-state index < -0.39 is 11.9 Å². The molecule has 1 aliphatic carbocycles. The lowest BCUT2D eigenvalue weighted by Gasteiger charge is -2.27. The molecular formula is C16H25FN2O2. The highest BCUT2D eigenvalue weighted by atomic mass is 19.1.